The van der Waals surface area contributed by atoms with Crippen LogP contribution in [0.3, 0.4) is 0 Å². The average Bonchev–Trinajstić information content (AvgIpc) is 2.69. The molecule has 0 atom stereocenters. The molecule has 1 N–H and O–H groups in total. The van der Waals surface area contributed by atoms with Gasteiger partial charge in [0.05, 0.1) is 0 Å². The smallest absolute Gasteiger partial charge is 0.220 e. The fraction of sp³-hybridized carbons (Fsp3) is 0.409. The molecule has 0 aliphatic carbocycles. The van der Waals surface area contributed by atoms with Crippen LogP contribution in [0.5, 0.6) is 0 Å². The van der Waals surface area contributed by atoms with Gasteiger partial charge in [-0.15, -0.1) is 11.8 Å². The summed E-state index contributed by atoms with van der Waals surface area (Å²) >= 11 is 1.74. The Bertz CT molecular complexity index is 654. The summed E-state index contributed by atoms with van der Waals surface area (Å²) in [7, 11) is 0. The molecule has 1 aliphatic heterocycles. The van der Waals surface area contributed by atoms with E-state index < -0.39 is 0 Å². The maximum atomic E-state index is 12.0. The third-order valence-electron chi connectivity index (χ3n) is 4.89. The van der Waals surface area contributed by atoms with Crippen LogP contribution < -0.4 is 5.32 Å². The van der Waals surface area contributed by atoms with E-state index in [4.69, 9.17) is 0 Å². The predicted molar refractivity (Wildman–Crippen MR) is 109 cm³/mol. The van der Waals surface area contributed by atoms with E-state index in [0.29, 0.717) is 12.3 Å². The van der Waals surface area contributed by atoms with Gasteiger partial charge in [0.15, 0.2) is 0 Å². The number of rotatable bonds is 8. The van der Waals surface area contributed by atoms with Crippen molar-refractivity contribution < 1.29 is 4.79 Å². The molecule has 4 heteroatoms. The first-order chi connectivity index (χ1) is 12.8. The lowest BCUT2D eigenvalue weighted by molar-refractivity contribution is -0.120. The Hall–Kier alpha value is -1.78. The van der Waals surface area contributed by atoms with Crippen molar-refractivity contribution in [2.75, 3.05) is 25.4 Å². The van der Waals surface area contributed by atoms with Gasteiger partial charge in [-0.3, -0.25) is 9.69 Å². The highest BCUT2D eigenvalue weighted by molar-refractivity contribution is 7.99. The normalized spacial score (nSPS) is 15.7. The number of carbonyl (C=O) groups is 1. The van der Waals surface area contributed by atoms with Gasteiger partial charge in [0, 0.05) is 30.2 Å². The largest absolute Gasteiger partial charge is 0.356 e. The van der Waals surface area contributed by atoms with Crippen molar-refractivity contribution >= 4 is 17.7 Å². The van der Waals surface area contributed by atoms with Gasteiger partial charge in [-0.1, -0.05) is 48.5 Å². The molecule has 138 valence electrons. The summed E-state index contributed by atoms with van der Waals surface area (Å²) in [5.41, 5.74) is 1.38. The molecule has 26 heavy (non-hydrogen) atoms. The van der Waals surface area contributed by atoms with Crippen LogP contribution >= 0.6 is 11.8 Å². The first-order valence-corrected chi connectivity index (χ1v) is 10.5. The second kappa shape index (κ2) is 10.4. The Morgan fingerprint density at radius 1 is 1.00 bits per heavy atom. The number of amides is 1. The summed E-state index contributed by atoms with van der Waals surface area (Å²) in [5, 5.41) is 3.13. The lowest BCUT2D eigenvalue weighted by atomic mass is 9.96. The van der Waals surface area contributed by atoms with E-state index in [0.717, 1.165) is 31.9 Å². The molecule has 0 radical (unpaired) electrons. The lowest BCUT2D eigenvalue weighted by Gasteiger charge is -2.32. The molecule has 1 aliphatic rings. The molecule has 2 aromatic carbocycles. The standard InChI is InChI=1S/C22H28N2OS/c25-22(13-16-26-21-9-5-2-6-10-21)23-17-19-11-14-24(15-12-19)18-20-7-3-1-4-8-20/h1-10,19H,11-18H2,(H,23,25). The third-order valence-corrected chi connectivity index (χ3v) is 5.90. The summed E-state index contributed by atoms with van der Waals surface area (Å²) in [6, 6.07) is 20.9. The molecule has 0 aromatic heterocycles. The van der Waals surface area contributed by atoms with Crippen LogP contribution in [0, 0.1) is 5.92 Å². The van der Waals surface area contributed by atoms with Crippen LogP contribution in [0.2, 0.25) is 0 Å². The lowest BCUT2D eigenvalue weighted by Crippen LogP contribution is -2.38. The number of nitrogens with one attached hydrogen (secondary N) is 1. The third kappa shape index (κ3) is 6.50. The van der Waals surface area contributed by atoms with E-state index >= 15 is 0 Å². The van der Waals surface area contributed by atoms with Crippen LogP contribution in [0.25, 0.3) is 0 Å². The summed E-state index contributed by atoms with van der Waals surface area (Å²) in [6.45, 7) is 4.11. The van der Waals surface area contributed by atoms with Gasteiger partial charge in [0.25, 0.3) is 0 Å². The van der Waals surface area contributed by atoms with Gasteiger partial charge in [-0.2, -0.15) is 0 Å². The van der Waals surface area contributed by atoms with E-state index in [2.05, 4.69) is 52.7 Å². The number of benzene rings is 2. The van der Waals surface area contributed by atoms with E-state index in [1.807, 2.05) is 18.2 Å². The fourth-order valence-corrected chi connectivity index (χ4v) is 4.19. The van der Waals surface area contributed by atoms with Crippen LogP contribution in [-0.4, -0.2) is 36.2 Å². The number of thioether (sulfide) groups is 1. The minimum atomic E-state index is 0.181. The SMILES string of the molecule is O=C(CCSc1ccccc1)NCC1CCN(Cc2ccccc2)CC1. The Kier molecular flexibility index (Phi) is 7.59. The molecule has 1 heterocycles. The highest BCUT2D eigenvalue weighted by Gasteiger charge is 2.19. The number of carbonyl (C=O) groups excluding carboxylic acids is 1. The van der Waals surface area contributed by atoms with Gasteiger partial charge < -0.3 is 5.32 Å². The van der Waals surface area contributed by atoms with Crippen molar-refractivity contribution in [2.24, 2.45) is 5.92 Å². The van der Waals surface area contributed by atoms with Crippen LogP contribution in [0.15, 0.2) is 65.6 Å². The molecule has 0 bridgehead atoms. The molecule has 0 spiro atoms. The van der Waals surface area contributed by atoms with Crippen molar-refractivity contribution in [1.82, 2.24) is 10.2 Å². The van der Waals surface area contributed by atoms with Crippen molar-refractivity contribution in [2.45, 2.75) is 30.7 Å². The molecule has 3 nitrogen and oxygen atoms in total. The summed E-state index contributed by atoms with van der Waals surface area (Å²) in [5.74, 6) is 1.64. The monoisotopic (exact) mass is 368 g/mol. The Morgan fingerprint density at radius 2 is 1.65 bits per heavy atom. The molecule has 2 aromatic rings. The maximum absolute atomic E-state index is 12.0. The second-order valence-electron chi connectivity index (χ2n) is 6.92. The first kappa shape index (κ1) is 19.0. The highest BCUT2D eigenvalue weighted by atomic mass is 32.2. The van der Waals surface area contributed by atoms with Gasteiger partial charge >= 0.3 is 0 Å². The van der Waals surface area contributed by atoms with E-state index in [-0.39, 0.29) is 5.91 Å². The summed E-state index contributed by atoms with van der Waals surface area (Å²) in [4.78, 5) is 15.8. The zero-order valence-electron chi connectivity index (χ0n) is 15.3. The molecule has 1 fully saturated rings. The second-order valence-corrected chi connectivity index (χ2v) is 8.09. The number of nitrogens with zero attached hydrogens (tertiary/aromatic N) is 1. The minimum Gasteiger partial charge on any atom is -0.356 e. The van der Waals surface area contributed by atoms with Gasteiger partial charge in [0.2, 0.25) is 5.91 Å². The van der Waals surface area contributed by atoms with E-state index in [9.17, 15) is 4.79 Å². The fourth-order valence-electron chi connectivity index (χ4n) is 3.32. The molecule has 1 saturated heterocycles. The molecule has 3 rings (SSSR count). The molecular formula is C22H28N2OS. The first-order valence-electron chi connectivity index (χ1n) is 9.50. The van der Waals surface area contributed by atoms with Crippen LogP contribution in [0.1, 0.15) is 24.8 Å². The number of hydrogen-bond donors (Lipinski definition) is 1. The maximum Gasteiger partial charge on any atom is 0.220 e. The topological polar surface area (TPSA) is 32.3 Å². The zero-order chi connectivity index (χ0) is 18.0. The van der Waals surface area contributed by atoms with Crippen LogP contribution in [-0.2, 0) is 11.3 Å². The molecule has 0 unspecified atom stereocenters. The number of hydrogen-bond acceptors (Lipinski definition) is 3. The summed E-state index contributed by atoms with van der Waals surface area (Å²) in [6.07, 6.45) is 2.93. The van der Waals surface area contributed by atoms with Crippen molar-refractivity contribution in [3.8, 4) is 0 Å². The van der Waals surface area contributed by atoms with E-state index in [1.54, 1.807) is 11.8 Å². The van der Waals surface area contributed by atoms with Gasteiger partial charge in [-0.05, 0) is 49.5 Å². The Balaban J connectivity index is 1.28. The number of likely N-dealkylation sites (tertiary alicyclic amines) is 1. The minimum absolute atomic E-state index is 0.181. The average molecular weight is 369 g/mol. The van der Waals surface area contributed by atoms with Gasteiger partial charge in [-0.25, -0.2) is 0 Å². The van der Waals surface area contributed by atoms with E-state index in [1.165, 1.54) is 23.3 Å². The van der Waals surface area contributed by atoms with Gasteiger partial charge in [0.1, 0.15) is 0 Å². The molecular weight excluding hydrogens is 340 g/mol. The molecule has 1 amide bonds. The van der Waals surface area contributed by atoms with Crippen LogP contribution in [0.4, 0.5) is 0 Å². The van der Waals surface area contributed by atoms with Crippen molar-refractivity contribution in [1.29, 1.82) is 0 Å². The zero-order valence-corrected chi connectivity index (χ0v) is 16.1. The molecule has 0 saturated carbocycles. The Labute approximate surface area is 161 Å². The predicted octanol–water partition coefficient (Wildman–Crippen LogP) is 4.20. The number of piperidine rings is 1. The Morgan fingerprint density at radius 3 is 2.35 bits per heavy atom. The quantitative estimate of drug-likeness (QED) is 0.709. The van der Waals surface area contributed by atoms with Crippen molar-refractivity contribution in [3.05, 3.63) is 66.2 Å². The summed E-state index contributed by atoms with van der Waals surface area (Å²) < 4.78 is 0. The van der Waals surface area contributed by atoms with Crippen molar-refractivity contribution in [3.63, 3.8) is 0 Å². The highest BCUT2D eigenvalue weighted by Crippen LogP contribution is 2.19.